The lowest BCUT2D eigenvalue weighted by Crippen LogP contribution is -2.36. The number of rotatable bonds is 6. The lowest BCUT2D eigenvalue weighted by molar-refractivity contribution is -0.131. The second-order valence-electron chi connectivity index (χ2n) is 4.07. The van der Waals surface area contributed by atoms with Gasteiger partial charge in [-0.1, -0.05) is 0 Å². The zero-order valence-electron chi connectivity index (χ0n) is 9.59. The van der Waals surface area contributed by atoms with E-state index in [-0.39, 0.29) is 24.3 Å². The van der Waals surface area contributed by atoms with E-state index in [9.17, 15) is 13.2 Å². The summed E-state index contributed by atoms with van der Waals surface area (Å²) in [6, 6.07) is 0. The summed E-state index contributed by atoms with van der Waals surface area (Å²) in [5.41, 5.74) is 5.43. The fourth-order valence-corrected chi connectivity index (χ4v) is 2.22. The largest absolute Gasteiger partial charge is 0.364 e. The van der Waals surface area contributed by atoms with E-state index < -0.39 is 16.1 Å². The average Bonchev–Trinajstić information content (AvgIpc) is 2.71. The smallest absolute Gasteiger partial charge is 0.249 e. The van der Waals surface area contributed by atoms with Crippen LogP contribution in [-0.2, 0) is 19.6 Å². The molecule has 7 nitrogen and oxygen atoms in total. The SMILES string of the molecule is NCC1CCC(C(=O)NCCCS(N)(=O)=O)O1. The highest BCUT2D eigenvalue weighted by Crippen LogP contribution is 2.18. The molecule has 1 heterocycles. The Morgan fingerprint density at radius 3 is 2.65 bits per heavy atom. The van der Waals surface area contributed by atoms with Crippen molar-refractivity contribution < 1.29 is 17.9 Å². The third kappa shape index (κ3) is 5.44. The number of carbonyl (C=O) groups excluding carboxylic acids is 1. The zero-order valence-corrected chi connectivity index (χ0v) is 10.4. The molecule has 0 spiro atoms. The molecule has 100 valence electrons. The Bertz CT molecular complexity index is 357. The second kappa shape index (κ2) is 6.29. The van der Waals surface area contributed by atoms with E-state index in [4.69, 9.17) is 15.6 Å². The maximum Gasteiger partial charge on any atom is 0.249 e. The molecule has 1 fully saturated rings. The molecule has 1 saturated heterocycles. The summed E-state index contributed by atoms with van der Waals surface area (Å²) in [5.74, 6) is -0.347. The minimum atomic E-state index is -3.45. The van der Waals surface area contributed by atoms with Gasteiger partial charge in [-0.3, -0.25) is 4.79 Å². The Hall–Kier alpha value is -0.700. The van der Waals surface area contributed by atoms with Crippen molar-refractivity contribution in [2.45, 2.75) is 31.5 Å². The lowest BCUT2D eigenvalue weighted by atomic mass is 10.2. The highest BCUT2D eigenvalue weighted by atomic mass is 32.2. The first-order valence-corrected chi connectivity index (χ1v) is 7.27. The Morgan fingerprint density at radius 2 is 2.12 bits per heavy atom. The van der Waals surface area contributed by atoms with Crippen molar-refractivity contribution in [2.75, 3.05) is 18.8 Å². The van der Waals surface area contributed by atoms with Crippen LogP contribution in [0.3, 0.4) is 0 Å². The van der Waals surface area contributed by atoms with Gasteiger partial charge in [-0.05, 0) is 19.3 Å². The monoisotopic (exact) mass is 265 g/mol. The number of amides is 1. The van der Waals surface area contributed by atoms with E-state index in [2.05, 4.69) is 5.32 Å². The van der Waals surface area contributed by atoms with Gasteiger partial charge >= 0.3 is 0 Å². The summed E-state index contributed by atoms with van der Waals surface area (Å²) < 4.78 is 26.7. The van der Waals surface area contributed by atoms with Crippen molar-refractivity contribution in [2.24, 2.45) is 10.9 Å². The van der Waals surface area contributed by atoms with Gasteiger partial charge in [0.25, 0.3) is 0 Å². The molecular weight excluding hydrogens is 246 g/mol. The zero-order chi connectivity index (χ0) is 12.9. The van der Waals surface area contributed by atoms with Crippen LogP contribution < -0.4 is 16.2 Å². The topological polar surface area (TPSA) is 125 Å². The van der Waals surface area contributed by atoms with Crippen LogP contribution in [-0.4, -0.2) is 45.4 Å². The van der Waals surface area contributed by atoms with Gasteiger partial charge in [-0.2, -0.15) is 0 Å². The number of hydrogen-bond donors (Lipinski definition) is 3. The molecule has 1 aliphatic rings. The Balaban J connectivity index is 2.18. The minimum Gasteiger partial charge on any atom is -0.364 e. The van der Waals surface area contributed by atoms with Gasteiger partial charge < -0.3 is 15.8 Å². The molecule has 2 atom stereocenters. The summed E-state index contributed by atoms with van der Waals surface area (Å²) in [6.07, 6.45) is 1.24. The lowest BCUT2D eigenvalue weighted by Gasteiger charge is -2.12. The van der Waals surface area contributed by atoms with Gasteiger partial charge in [-0.15, -0.1) is 0 Å². The summed E-state index contributed by atoms with van der Waals surface area (Å²) in [5, 5.41) is 7.45. The quantitative estimate of drug-likeness (QED) is 0.493. The molecule has 1 amide bonds. The third-order valence-corrected chi connectivity index (χ3v) is 3.43. The van der Waals surface area contributed by atoms with Gasteiger partial charge in [0, 0.05) is 13.1 Å². The number of primary sulfonamides is 1. The van der Waals surface area contributed by atoms with Crippen molar-refractivity contribution in [1.29, 1.82) is 0 Å². The van der Waals surface area contributed by atoms with Gasteiger partial charge in [0.2, 0.25) is 15.9 Å². The van der Waals surface area contributed by atoms with Crippen LogP contribution in [0.25, 0.3) is 0 Å². The first-order chi connectivity index (χ1) is 7.92. The van der Waals surface area contributed by atoms with Gasteiger partial charge in [0.1, 0.15) is 6.10 Å². The standard InChI is InChI=1S/C9H19N3O4S/c10-6-7-2-3-8(16-7)9(13)12-4-1-5-17(11,14)15/h7-8H,1-6,10H2,(H,12,13)(H2,11,14,15). The summed E-state index contributed by atoms with van der Waals surface area (Å²) >= 11 is 0. The molecular formula is C9H19N3O4S. The molecule has 0 aromatic heterocycles. The molecule has 0 aromatic rings. The normalized spacial score (nSPS) is 24.8. The summed E-state index contributed by atoms with van der Waals surface area (Å²) in [7, 11) is -3.45. The molecule has 17 heavy (non-hydrogen) atoms. The van der Waals surface area contributed by atoms with Gasteiger partial charge in [0.05, 0.1) is 11.9 Å². The van der Waals surface area contributed by atoms with Crippen LogP contribution in [0.2, 0.25) is 0 Å². The molecule has 0 aromatic carbocycles. The number of nitrogens with one attached hydrogen (secondary N) is 1. The minimum absolute atomic E-state index is 0.0461. The van der Waals surface area contributed by atoms with E-state index in [0.717, 1.165) is 6.42 Å². The number of nitrogens with two attached hydrogens (primary N) is 2. The molecule has 1 rings (SSSR count). The number of sulfonamides is 1. The van der Waals surface area contributed by atoms with E-state index in [1.54, 1.807) is 0 Å². The van der Waals surface area contributed by atoms with Crippen molar-refractivity contribution in [1.82, 2.24) is 5.32 Å². The first kappa shape index (κ1) is 14.4. The maximum atomic E-state index is 11.6. The van der Waals surface area contributed by atoms with Crippen molar-refractivity contribution in [3.05, 3.63) is 0 Å². The third-order valence-electron chi connectivity index (χ3n) is 2.57. The molecule has 5 N–H and O–H groups in total. The molecule has 0 aliphatic carbocycles. The predicted octanol–water partition coefficient (Wildman–Crippen LogP) is -1.71. The fraction of sp³-hybridized carbons (Fsp3) is 0.889. The average molecular weight is 265 g/mol. The second-order valence-corrected chi connectivity index (χ2v) is 5.81. The predicted molar refractivity (Wildman–Crippen MR) is 62.6 cm³/mol. The van der Waals surface area contributed by atoms with Crippen LogP contribution >= 0.6 is 0 Å². The van der Waals surface area contributed by atoms with Crippen LogP contribution in [0.15, 0.2) is 0 Å². The molecule has 1 aliphatic heterocycles. The summed E-state index contributed by atoms with van der Waals surface area (Å²) in [4.78, 5) is 11.6. The number of ether oxygens (including phenoxy) is 1. The Labute approximate surface area is 101 Å². The molecule has 0 saturated carbocycles. The highest BCUT2D eigenvalue weighted by molar-refractivity contribution is 7.89. The van der Waals surface area contributed by atoms with E-state index in [1.165, 1.54) is 0 Å². The Kier molecular flexibility index (Phi) is 5.31. The van der Waals surface area contributed by atoms with E-state index in [1.807, 2.05) is 0 Å². The van der Waals surface area contributed by atoms with Gasteiger partial charge in [0.15, 0.2) is 0 Å². The van der Waals surface area contributed by atoms with Crippen LogP contribution in [0, 0.1) is 0 Å². The molecule has 0 radical (unpaired) electrons. The van der Waals surface area contributed by atoms with E-state index in [0.29, 0.717) is 19.4 Å². The van der Waals surface area contributed by atoms with Crippen molar-refractivity contribution in [3.8, 4) is 0 Å². The van der Waals surface area contributed by atoms with E-state index >= 15 is 0 Å². The van der Waals surface area contributed by atoms with Gasteiger partial charge in [-0.25, -0.2) is 13.6 Å². The molecule has 8 heteroatoms. The number of hydrogen-bond acceptors (Lipinski definition) is 5. The molecule has 2 unspecified atom stereocenters. The fourth-order valence-electron chi connectivity index (χ4n) is 1.67. The number of carbonyl (C=O) groups is 1. The van der Waals surface area contributed by atoms with Crippen LogP contribution in [0.1, 0.15) is 19.3 Å². The van der Waals surface area contributed by atoms with Crippen molar-refractivity contribution in [3.63, 3.8) is 0 Å². The first-order valence-electron chi connectivity index (χ1n) is 5.56. The van der Waals surface area contributed by atoms with Crippen LogP contribution in [0.5, 0.6) is 0 Å². The maximum absolute atomic E-state index is 11.6. The summed E-state index contributed by atoms with van der Waals surface area (Å²) in [6.45, 7) is 0.692. The Morgan fingerprint density at radius 1 is 1.41 bits per heavy atom. The molecule has 0 bridgehead atoms. The van der Waals surface area contributed by atoms with Crippen LogP contribution in [0.4, 0.5) is 0 Å². The highest BCUT2D eigenvalue weighted by Gasteiger charge is 2.29. The van der Waals surface area contributed by atoms with Crippen molar-refractivity contribution >= 4 is 15.9 Å².